The molecule has 26 heavy (non-hydrogen) atoms. The van der Waals surface area contributed by atoms with Gasteiger partial charge in [0.05, 0.1) is 23.9 Å². The van der Waals surface area contributed by atoms with Gasteiger partial charge in [-0.1, -0.05) is 46.3 Å². The van der Waals surface area contributed by atoms with Gasteiger partial charge in [-0.3, -0.25) is 0 Å². The van der Waals surface area contributed by atoms with Crippen molar-refractivity contribution in [2.45, 2.75) is 13.0 Å². The van der Waals surface area contributed by atoms with E-state index in [1.54, 1.807) is 25.1 Å². The first-order valence-corrected chi connectivity index (χ1v) is 9.24. The minimum Gasteiger partial charge on any atom is -0.508 e. The molecule has 0 radical (unpaired) electrons. The summed E-state index contributed by atoms with van der Waals surface area (Å²) in [5.74, 6) is -0.354. The van der Waals surface area contributed by atoms with E-state index >= 15 is 0 Å². The van der Waals surface area contributed by atoms with Crippen LogP contribution >= 0.6 is 28.1 Å². The molecule has 3 N–H and O–H groups in total. The van der Waals surface area contributed by atoms with Crippen molar-refractivity contribution < 1.29 is 14.6 Å². The van der Waals surface area contributed by atoms with Gasteiger partial charge in [0.25, 0.3) is 0 Å². The van der Waals surface area contributed by atoms with Crippen LogP contribution in [-0.2, 0) is 9.53 Å². The lowest BCUT2D eigenvalue weighted by Crippen LogP contribution is -2.45. The maximum absolute atomic E-state index is 12.8. The van der Waals surface area contributed by atoms with Crippen LogP contribution < -0.4 is 10.6 Å². The molecule has 134 valence electrons. The molecule has 0 aromatic heterocycles. The van der Waals surface area contributed by atoms with Gasteiger partial charge >= 0.3 is 5.97 Å². The van der Waals surface area contributed by atoms with E-state index in [1.165, 1.54) is 0 Å². The highest BCUT2D eigenvalue weighted by atomic mass is 79.9. The topological polar surface area (TPSA) is 70.6 Å². The summed E-state index contributed by atoms with van der Waals surface area (Å²) in [5, 5.41) is 16.5. The smallest absolute Gasteiger partial charge is 0.338 e. The maximum atomic E-state index is 12.8. The summed E-state index contributed by atoms with van der Waals surface area (Å²) in [6.07, 6.45) is 0. The molecule has 0 unspecified atom stereocenters. The molecule has 1 aliphatic rings. The number of ether oxygens (including phenoxy) is 1. The van der Waals surface area contributed by atoms with E-state index in [0.29, 0.717) is 21.9 Å². The van der Waals surface area contributed by atoms with Crippen molar-refractivity contribution in [3.8, 4) is 5.75 Å². The number of carbonyl (C=O) groups is 1. The molecule has 3 rings (SSSR count). The van der Waals surface area contributed by atoms with Crippen molar-refractivity contribution in [3.63, 3.8) is 0 Å². The van der Waals surface area contributed by atoms with Gasteiger partial charge in [-0.25, -0.2) is 4.79 Å². The number of carbonyl (C=O) groups excluding carboxylic acids is 1. The summed E-state index contributed by atoms with van der Waals surface area (Å²) in [6.45, 7) is 2.01. The van der Waals surface area contributed by atoms with Gasteiger partial charge in [0.15, 0.2) is 5.11 Å². The second-order valence-corrected chi connectivity index (χ2v) is 6.88. The number of thiocarbonyl (C=S) groups is 1. The van der Waals surface area contributed by atoms with Gasteiger partial charge < -0.3 is 20.5 Å². The van der Waals surface area contributed by atoms with Gasteiger partial charge in [-0.2, -0.15) is 0 Å². The molecule has 1 atom stereocenters. The second-order valence-electron chi connectivity index (χ2n) is 5.61. The maximum Gasteiger partial charge on any atom is 0.338 e. The molecule has 0 aliphatic carbocycles. The monoisotopic (exact) mass is 432 g/mol. The molecule has 0 fully saturated rings. The molecular weight excluding hydrogens is 416 g/mol. The number of halogens is 1. The second kappa shape index (κ2) is 7.88. The summed E-state index contributed by atoms with van der Waals surface area (Å²) >= 11 is 8.84. The van der Waals surface area contributed by atoms with Crippen molar-refractivity contribution in [1.82, 2.24) is 10.6 Å². The van der Waals surface area contributed by atoms with E-state index in [0.717, 1.165) is 10.0 Å². The van der Waals surface area contributed by atoms with E-state index in [-0.39, 0.29) is 12.4 Å². The quantitative estimate of drug-likeness (QED) is 0.505. The fourth-order valence-corrected chi connectivity index (χ4v) is 3.51. The number of rotatable bonds is 4. The van der Waals surface area contributed by atoms with Gasteiger partial charge in [-0.05, 0) is 48.5 Å². The van der Waals surface area contributed by atoms with Crippen LogP contribution in [-0.4, -0.2) is 22.8 Å². The number of aromatic hydroxyl groups is 1. The molecule has 0 bridgehead atoms. The highest BCUT2D eigenvalue weighted by Crippen LogP contribution is 2.36. The number of hydrogen-bond donors (Lipinski definition) is 3. The minimum absolute atomic E-state index is 0.0962. The van der Waals surface area contributed by atoms with Crippen molar-refractivity contribution >= 4 is 44.9 Å². The Morgan fingerprint density at radius 2 is 2.00 bits per heavy atom. The zero-order valence-corrected chi connectivity index (χ0v) is 16.4. The Kier molecular flexibility index (Phi) is 5.58. The molecule has 2 aromatic rings. The van der Waals surface area contributed by atoms with Crippen LogP contribution in [0.15, 0.2) is 58.6 Å². The third-order valence-electron chi connectivity index (χ3n) is 3.92. The average molecular weight is 433 g/mol. The van der Waals surface area contributed by atoms with E-state index in [4.69, 9.17) is 17.0 Å². The molecule has 0 saturated heterocycles. The van der Waals surface area contributed by atoms with Crippen LogP contribution in [0.2, 0.25) is 0 Å². The molecular formula is C19H17BrN2O3S. The van der Waals surface area contributed by atoms with E-state index in [2.05, 4.69) is 26.6 Å². The van der Waals surface area contributed by atoms with Gasteiger partial charge in [-0.15, -0.1) is 0 Å². The molecule has 2 aromatic carbocycles. The van der Waals surface area contributed by atoms with Crippen LogP contribution in [0.4, 0.5) is 0 Å². The number of phenolic OH excluding ortho intramolecular Hbond substituents is 1. The Balaban J connectivity index is 2.22. The SMILES string of the molecule is CCOC(=O)C1=C(c2ccccc2)NC(=S)N[C@@H]1c1cc(O)ccc1Br. The Hall–Kier alpha value is -2.38. The summed E-state index contributed by atoms with van der Waals surface area (Å²) in [6, 6.07) is 13.8. The lowest BCUT2D eigenvalue weighted by molar-refractivity contribution is -0.138. The number of phenols is 1. The van der Waals surface area contributed by atoms with Crippen molar-refractivity contribution in [3.05, 3.63) is 69.7 Å². The van der Waals surface area contributed by atoms with E-state index in [1.807, 2.05) is 30.3 Å². The predicted octanol–water partition coefficient (Wildman–Crippen LogP) is 3.65. The normalized spacial score (nSPS) is 16.7. The van der Waals surface area contributed by atoms with E-state index < -0.39 is 12.0 Å². The van der Waals surface area contributed by atoms with Gasteiger partial charge in [0.1, 0.15) is 5.75 Å². The largest absolute Gasteiger partial charge is 0.508 e. The Morgan fingerprint density at radius 3 is 2.69 bits per heavy atom. The lowest BCUT2D eigenvalue weighted by atomic mass is 9.92. The highest BCUT2D eigenvalue weighted by Gasteiger charge is 2.34. The number of nitrogens with one attached hydrogen (secondary N) is 2. The Morgan fingerprint density at radius 1 is 1.27 bits per heavy atom. The minimum atomic E-state index is -0.570. The molecule has 0 amide bonds. The van der Waals surface area contributed by atoms with Crippen LogP contribution in [0, 0.1) is 0 Å². The Bertz CT molecular complexity index is 884. The number of hydrogen-bond acceptors (Lipinski definition) is 4. The number of esters is 1. The van der Waals surface area contributed by atoms with Gasteiger partial charge in [0.2, 0.25) is 0 Å². The zero-order chi connectivity index (χ0) is 18.7. The van der Waals surface area contributed by atoms with E-state index in [9.17, 15) is 9.90 Å². The van der Waals surface area contributed by atoms with Crippen LogP contribution in [0.3, 0.4) is 0 Å². The van der Waals surface area contributed by atoms with Crippen molar-refractivity contribution in [2.24, 2.45) is 0 Å². The molecule has 0 spiro atoms. The zero-order valence-electron chi connectivity index (χ0n) is 14.0. The summed E-state index contributed by atoms with van der Waals surface area (Å²) in [4.78, 5) is 12.8. The first kappa shape index (κ1) is 18.4. The fourth-order valence-electron chi connectivity index (χ4n) is 2.81. The molecule has 5 nitrogen and oxygen atoms in total. The summed E-state index contributed by atoms with van der Waals surface area (Å²) < 4.78 is 6.03. The first-order valence-electron chi connectivity index (χ1n) is 8.04. The summed E-state index contributed by atoms with van der Waals surface area (Å²) in [7, 11) is 0. The van der Waals surface area contributed by atoms with Crippen LogP contribution in [0.5, 0.6) is 5.75 Å². The van der Waals surface area contributed by atoms with Crippen LogP contribution in [0.1, 0.15) is 24.1 Å². The highest BCUT2D eigenvalue weighted by molar-refractivity contribution is 9.10. The average Bonchev–Trinajstić information content (AvgIpc) is 2.64. The number of benzene rings is 2. The third kappa shape index (κ3) is 3.73. The lowest BCUT2D eigenvalue weighted by Gasteiger charge is -2.31. The standard InChI is InChI=1S/C19H17BrN2O3S/c1-2-25-18(24)15-16(11-6-4-3-5-7-11)21-19(26)22-17(15)13-10-12(23)8-9-14(13)20/h3-10,17,23H,2H2,1H3,(H2,21,22,26)/t17-/m1/s1. The Labute approximate surface area is 165 Å². The fraction of sp³-hybridized carbons (Fsp3) is 0.158. The first-order chi connectivity index (χ1) is 12.5. The molecule has 7 heteroatoms. The van der Waals surface area contributed by atoms with Crippen molar-refractivity contribution in [2.75, 3.05) is 6.61 Å². The predicted molar refractivity (Wildman–Crippen MR) is 107 cm³/mol. The van der Waals surface area contributed by atoms with Crippen LogP contribution in [0.25, 0.3) is 5.70 Å². The molecule has 0 saturated carbocycles. The van der Waals surface area contributed by atoms with Crippen molar-refractivity contribution in [1.29, 1.82) is 0 Å². The van der Waals surface area contributed by atoms with Gasteiger partial charge in [0, 0.05) is 4.47 Å². The third-order valence-corrected chi connectivity index (χ3v) is 4.86. The molecule has 1 heterocycles. The summed E-state index contributed by atoms with van der Waals surface area (Å²) in [5.41, 5.74) is 2.50. The molecule has 1 aliphatic heterocycles.